The second kappa shape index (κ2) is 2.96. The summed E-state index contributed by atoms with van der Waals surface area (Å²) in [7, 11) is 0. The highest BCUT2D eigenvalue weighted by Crippen LogP contribution is 2.21. The van der Waals surface area contributed by atoms with Crippen molar-refractivity contribution in [2.24, 2.45) is 0 Å². The quantitative estimate of drug-likeness (QED) is 0.655. The lowest BCUT2D eigenvalue weighted by molar-refractivity contribution is 0.140. The molecule has 0 aliphatic heterocycles. The summed E-state index contributed by atoms with van der Waals surface area (Å²) in [5.41, 5.74) is -2.84. The van der Waals surface area contributed by atoms with Crippen LogP contribution in [0, 0.1) is 11.6 Å². The van der Waals surface area contributed by atoms with E-state index in [0.717, 1.165) is 0 Å². The molecule has 0 aromatic carbocycles. The Morgan fingerprint density at radius 1 is 1.33 bits per heavy atom. The Hall–Kier alpha value is -1.33. The average Bonchev–Trinajstić information content (AvgIpc) is 1.97. The van der Waals surface area contributed by atoms with Crippen LogP contribution in [-0.2, 0) is 0 Å². The number of nitrogens with one attached hydrogen (secondary N) is 1. The van der Waals surface area contributed by atoms with Gasteiger partial charge in [-0.05, 0) is 0 Å². The predicted octanol–water partition coefficient (Wildman–Crippen LogP) is 1.59. The Bertz CT molecular complexity index is 346. The summed E-state index contributed by atoms with van der Waals surface area (Å²) >= 11 is 0. The number of rotatable bonds is 1. The first kappa shape index (κ1) is 8.76. The van der Waals surface area contributed by atoms with Gasteiger partial charge in [0.2, 0.25) is 0 Å². The highest BCUT2D eigenvalue weighted by molar-refractivity contribution is 5.16. The summed E-state index contributed by atoms with van der Waals surface area (Å²) in [5, 5.41) is 0. The van der Waals surface area contributed by atoms with Gasteiger partial charge in [-0.15, -0.1) is 0 Å². The zero-order chi connectivity index (χ0) is 9.30. The Morgan fingerprint density at radius 3 is 2.33 bits per heavy atom. The maximum Gasteiger partial charge on any atom is 0.284 e. The molecule has 1 heterocycles. The summed E-state index contributed by atoms with van der Waals surface area (Å²) in [5.74, 6) is -3.23. The van der Waals surface area contributed by atoms with Crippen molar-refractivity contribution in [1.29, 1.82) is 0 Å². The summed E-state index contributed by atoms with van der Waals surface area (Å²) in [6.45, 7) is 0. The van der Waals surface area contributed by atoms with Gasteiger partial charge in [-0.1, -0.05) is 0 Å². The lowest BCUT2D eigenvalue weighted by atomic mass is 10.2. The van der Waals surface area contributed by atoms with Crippen LogP contribution in [-0.4, -0.2) is 4.98 Å². The van der Waals surface area contributed by atoms with Crippen LogP contribution in [0.1, 0.15) is 12.0 Å². The monoisotopic (exact) mass is 181 g/mol. The molecule has 6 heteroatoms. The summed E-state index contributed by atoms with van der Waals surface area (Å²) < 4.78 is 48.5. The first-order valence-electron chi connectivity index (χ1n) is 2.88. The fourth-order valence-corrected chi connectivity index (χ4v) is 0.697. The SMILES string of the molecule is O=c1[nH]cc(F)c(C(F)F)c1F. The van der Waals surface area contributed by atoms with E-state index < -0.39 is 29.2 Å². The van der Waals surface area contributed by atoms with Gasteiger partial charge >= 0.3 is 0 Å². The third kappa shape index (κ3) is 1.32. The molecular formula is C6H3F4NO. The lowest BCUT2D eigenvalue weighted by Gasteiger charge is -2.00. The minimum atomic E-state index is -3.33. The summed E-state index contributed by atoms with van der Waals surface area (Å²) in [6, 6.07) is 0. The van der Waals surface area contributed by atoms with Crippen LogP contribution in [0.3, 0.4) is 0 Å². The number of aromatic nitrogens is 1. The van der Waals surface area contributed by atoms with Crippen molar-refractivity contribution in [1.82, 2.24) is 4.98 Å². The third-order valence-electron chi connectivity index (χ3n) is 1.24. The standard InChI is InChI=1S/C6H3F4NO/c7-2-1-11-6(12)4(8)3(2)5(9)10/h1,5H,(H,11,12). The smallest absolute Gasteiger partial charge is 0.284 e. The molecular weight excluding hydrogens is 178 g/mol. The van der Waals surface area contributed by atoms with Crippen molar-refractivity contribution >= 4 is 0 Å². The summed E-state index contributed by atoms with van der Waals surface area (Å²) in [4.78, 5) is 12.0. The molecule has 0 saturated carbocycles. The maximum atomic E-state index is 12.4. The van der Waals surface area contributed by atoms with E-state index in [1.807, 2.05) is 0 Å². The van der Waals surface area contributed by atoms with Crippen molar-refractivity contribution in [3.05, 3.63) is 33.7 Å². The van der Waals surface area contributed by atoms with Gasteiger partial charge in [-0.25, -0.2) is 17.6 Å². The molecule has 1 rings (SSSR count). The van der Waals surface area contributed by atoms with E-state index >= 15 is 0 Å². The minimum Gasteiger partial charge on any atom is -0.324 e. The molecule has 0 fully saturated rings. The molecule has 0 saturated heterocycles. The Balaban J connectivity index is 3.43. The van der Waals surface area contributed by atoms with E-state index in [-0.39, 0.29) is 0 Å². The van der Waals surface area contributed by atoms with E-state index in [0.29, 0.717) is 6.20 Å². The van der Waals surface area contributed by atoms with Gasteiger partial charge in [0.05, 0.1) is 5.56 Å². The molecule has 0 unspecified atom stereocenters. The van der Waals surface area contributed by atoms with Gasteiger partial charge in [0.1, 0.15) is 0 Å². The number of pyridine rings is 1. The number of alkyl halides is 2. The zero-order valence-electron chi connectivity index (χ0n) is 5.57. The summed E-state index contributed by atoms with van der Waals surface area (Å²) in [6.07, 6.45) is -2.93. The van der Waals surface area contributed by atoms with Crippen molar-refractivity contribution in [3.63, 3.8) is 0 Å². The highest BCUT2D eigenvalue weighted by atomic mass is 19.3. The predicted molar refractivity (Wildman–Crippen MR) is 31.9 cm³/mol. The number of aromatic amines is 1. The molecule has 0 aliphatic carbocycles. The van der Waals surface area contributed by atoms with Crippen molar-refractivity contribution in [3.8, 4) is 0 Å². The molecule has 2 nitrogen and oxygen atoms in total. The molecule has 12 heavy (non-hydrogen) atoms. The molecule has 0 amide bonds. The number of halogens is 4. The Kier molecular flexibility index (Phi) is 2.16. The fourth-order valence-electron chi connectivity index (χ4n) is 0.697. The van der Waals surface area contributed by atoms with E-state index in [1.54, 1.807) is 4.98 Å². The molecule has 0 aliphatic rings. The minimum absolute atomic E-state index is 0.396. The molecule has 1 aromatic heterocycles. The third-order valence-corrected chi connectivity index (χ3v) is 1.24. The molecule has 1 aromatic rings. The number of hydrogen-bond acceptors (Lipinski definition) is 1. The van der Waals surface area contributed by atoms with Crippen LogP contribution in [0.15, 0.2) is 11.0 Å². The number of hydrogen-bond donors (Lipinski definition) is 1. The molecule has 0 radical (unpaired) electrons. The zero-order valence-corrected chi connectivity index (χ0v) is 5.57. The van der Waals surface area contributed by atoms with Gasteiger partial charge in [0.25, 0.3) is 12.0 Å². The van der Waals surface area contributed by atoms with E-state index in [1.165, 1.54) is 0 Å². The van der Waals surface area contributed by atoms with Crippen LogP contribution >= 0.6 is 0 Å². The largest absolute Gasteiger partial charge is 0.324 e. The molecule has 66 valence electrons. The van der Waals surface area contributed by atoms with Gasteiger partial charge in [0.15, 0.2) is 11.6 Å². The number of H-pyrrole nitrogens is 1. The van der Waals surface area contributed by atoms with Crippen LogP contribution in [0.2, 0.25) is 0 Å². The molecule has 0 atom stereocenters. The van der Waals surface area contributed by atoms with E-state index in [9.17, 15) is 22.4 Å². The highest BCUT2D eigenvalue weighted by Gasteiger charge is 2.20. The van der Waals surface area contributed by atoms with Crippen LogP contribution < -0.4 is 5.56 Å². The Morgan fingerprint density at radius 2 is 1.92 bits per heavy atom. The van der Waals surface area contributed by atoms with Gasteiger partial charge in [-0.3, -0.25) is 4.79 Å². The Labute approximate surface area is 63.8 Å². The second-order valence-electron chi connectivity index (χ2n) is 1.99. The first-order valence-corrected chi connectivity index (χ1v) is 2.88. The van der Waals surface area contributed by atoms with Crippen molar-refractivity contribution in [2.75, 3.05) is 0 Å². The molecule has 0 spiro atoms. The van der Waals surface area contributed by atoms with Gasteiger partial charge in [-0.2, -0.15) is 0 Å². The van der Waals surface area contributed by atoms with Crippen LogP contribution in [0.4, 0.5) is 17.6 Å². The van der Waals surface area contributed by atoms with Gasteiger partial charge in [0, 0.05) is 6.20 Å². The van der Waals surface area contributed by atoms with Crippen molar-refractivity contribution in [2.45, 2.75) is 6.43 Å². The molecule has 0 bridgehead atoms. The second-order valence-corrected chi connectivity index (χ2v) is 1.99. The van der Waals surface area contributed by atoms with Gasteiger partial charge < -0.3 is 4.98 Å². The van der Waals surface area contributed by atoms with E-state index in [2.05, 4.69) is 0 Å². The van der Waals surface area contributed by atoms with Crippen LogP contribution in [0.25, 0.3) is 0 Å². The van der Waals surface area contributed by atoms with Crippen molar-refractivity contribution < 1.29 is 17.6 Å². The van der Waals surface area contributed by atoms with Crippen LogP contribution in [0.5, 0.6) is 0 Å². The first-order chi connectivity index (χ1) is 5.54. The van der Waals surface area contributed by atoms with E-state index in [4.69, 9.17) is 0 Å². The molecule has 1 N–H and O–H groups in total. The average molecular weight is 181 g/mol. The maximum absolute atomic E-state index is 12.4. The normalized spacial score (nSPS) is 10.8. The lowest BCUT2D eigenvalue weighted by Crippen LogP contribution is -2.15. The fraction of sp³-hybridized carbons (Fsp3) is 0.167. The topological polar surface area (TPSA) is 32.9 Å².